The van der Waals surface area contributed by atoms with Crippen LogP contribution in [0.3, 0.4) is 0 Å². The summed E-state index contributed by atoms with van der Waals surface area (Å²) < 4.78 is 9.21. The maximum atomic E-state index is 8.62. The average Bonchev–Trinajstić information content (AvgIpc) is 2.51. The smallest absolute Gasteiger partial charge is 0.258 e. The summed E-state index contributed by atoms with van der Waals surface area (Å²) >= 11 is 0. The van der Waals surface area contributed by atoms with Crippen molar-refractivity contribution in [3.8, 4) is 0 Å². The van der Waals surface area contributed by atoms with Gasteiger partial charge in [-0.25, -0.2) is 0 Å². The molecule has 0 atom stereocenters. The van der Waals surface area contributed by atoms with Gasteiger partial charge in [-0.1, -0.05) is 10.3 Å². The van der Waals surface area contributed by atoms with E-state index in [1.165, 1.54) is 12.4 Å². The number of nitrogens with zero attached hydrogens (tertiary/aromatic N) is 4. The number of rotatable bonds is 6. The van der Waals surface area contributed by atoms with Crippen LogP contribution in [0.5, 0.6) is 0 Å². The van der Waals surface area contributed by atoms with Crippen molar-refractivity contribution in [2.75, 3.05) is 0 Å². The molecule has 0 fully saturated rings. The highest BCUT2D eigenvalue weighted by atomic mass is 16.5. The van der Waals surface area contributed by atoms with Crippen LogP contribution < -0.4 is 9.13 Å². The quantitative estimate of drug-likeness (QED) is 0.352. The third-order valence-corrected chi connectivity index (χ3v) is 2.79. The molecule has 0 saturated carbocycles. The average molecular weight is 288 g/mol. The molecule has 0 aromatic carbocycles. The minimum atomic E-state index is 0.291. The standard InChI is InChI=1S/C14H14N4O3/c19-15-9-13-5-1-3-7-17(13)11-21-12-18-8-4-2-6-14(18)10-16-20/h1-10H,11-12H2/p+2. The summed E-state index contributed by atoms with van der Waals surface area (Å²) in [5.74, 6) is 0. The summed E-state index contributed by atoms with van der Waals surface area (Å²) in [5, 5.41) is 23.3. The molecule has 0 unspecified atom stereocenters. The number of pyridine rings is 2. The molecule has 2 N–H and O–H groups in total. The van der Waals surface area contributed by atoms with Gasteiger partial charge in [0.05, 0.1) is 0 Å². The molecule has 0 aliphatic rings. The summed E-state index contributed by atoms with van der Waals surface area (Å²) in [5.41, 5.74) is 1.44. The maximum Gasteiger partial charge on any atom is 0.258 e. The van der Waals surface area contributed by atoms with Crippen LogP contribution in [-0.4, -0.2) is 22.8 Å². The maximum absolute atomic E-state index is 8.62. The van der Waals surface area contributed by atoms with Crippen LogP contribution in [0.15, 0.2) is 59.1 Å². The highest BCUT2D eigenvalue weighted by Gasteiger charge is 2.11. The summed E-state index contributed by atoms with van der Waals surface area (Å²) in [6, 6.07) is 11.0. The van der Waals surface area contributed by atoms with E-state index in [-0.39, 0.29) is 0 Å². The molecule has 2 aromatic heterocycles. The molecule has 7 heteroatoms. The molecule has 21 heavy (non-hydrogen) atoms. The lowest BCUT2D eigenvalue weighted by atomic mass is 10.3. The molecule has 0 amide bonds. The fourth-order valence-electron chi connectivity index (χ4n) is 1.80. The normalized spacial score (nSPS) is 11.4. The Balaban J connectivity index is 2.02. The summed E-state index contributed by atoms with van der Waals surface area (Å²) in [6.45, 7) is 0.583. The Hall–Kier alpha value is -2.80. The summed E-state index contributed by atoms with van der Waals surface area (Å²) in [6.07, 6.45) is 6.32. The zero-order valence-corrected chi connectivity index (χ0v) is 11.3. The van der Waals surface area contributed by atoms with Gasteiger partial charge >= 0.3 is 0 Å². The molecule has 108 valence electrons. The molecule has 0 saturated heterocycles. The Morgan fingerprint density at radius 1 is 0.857 bits per heavy atom. The van der Waals surface area contributed by atoms with Crippen molar-refractivity contribution in [2.45, 2.75) is 13.5 Å². The van der Waals surface area contributed by atoms with Crippen molar-refractivity contribution < 1.29 is 24.3 Å². The third-order valence-electron chi connectivity index (χ3n) is 2.79. The molecule has 0 aliphatic heterocycles. The van der Waals surface area contributed by atoms with Gasteiger partial charge in [0.15, 0.2) is 12.4 Å². The molecular weight excluding hydrogens is 272 g/mol. The highest BCUT2D eigenvalue weighted by molar-refractivity contribution is 5.74. The van der Waals surface area contributed by atoms with Crippen LogP contribution in [0, 0.1) is 0 Å². The zero-order valence-electron chi connectivity index (χ0n) is 11.3. The second kappa shape index (κ2) is 7.71. The van der Waals surface area contributed by atoms with Crippen LogP contribution in [0.25, 0.3) is 0 Å². The van der Waals surface area contributed by atoms with Gasteiger partial charge in [0.2, 0.25) is 11.4 Å². The van der Waals surface area contributed by atoms with E-state index in [1.54, 1.807) is 9.13 Å². The van der Waals surface area contributed by atoms with Gasteiger partial charge in [0.1, 0.15) is 12.4 Å². The lowest BCUT2D eigenvalue weighted by molar-refractivity contribution is -0.789. The molecule has 0 bridgehead atoms. The number of ether oxygens (including phenoxy) is 1. The van der Waals surface area contributed by atoms with Crippen LogP contribution in [0.2, 0.25) is 0 Å². The minimum Gasteiger partial charge on any atom is -0.411 e. The van der Waals surface area contributed by atoms with Crippen LogP contribution in [-0.2, 0) is 18.2 Å². The van der Waals surface area contributed by atoms with Gasteiger partial charge in [-0.3, -0.25) is 4.74 Å². The molecule has 0 spiro atoms. The van der Waals surface area contributed by atoms with E-state index >= 15 is 0 Å². The summed E-state index contributed by atoms with van der Waals surface area (Å²) in [7, 11) is 0. The van der Waals surface area contributed by atoms with E-state index in [2.05, 4.69) is 10.3 Å². The largest absolute Gasteiger partial charge is 0.411 e. The van der Waals surface area contributed by atoms with E-state index in [0.29, 0.717) is 13.5 Å². The van der Waals surface area contributed by atoms with Gasteiger partial charge in [-0.05, 0) is 12.1 Å². The van der Waals surface area contributed by atoms with Crippen LogP contribution in [0.4, 0.5) is 0 Å². The van der Waals surface area contributed by atoms with Crippen LogP contribution >= 0.6 is 0 Å². The van der Waals surface area contributed by atoms with Crippen molar-refractivity contribution in [3.05, 3.63) is 60.2 Å². The monoisotopic (exact) mass is 288 g/mol. The first kappa shape index (κ1) is 14.6. The lowest BCUT2D eigenvalue weighted by Gasteiger charge is -2.01. The lowest BCUT2D eigenvalue weighted by Crippen LogP contribution is -2.44. The highest BCUT2D eigenvalue weighted by Crippen LogP contribution is 1.90. The van der Waals surface area contributed by atoms with E-state index in [0.717, 1.165) is 11.4 Å². The Labute approximate surface area is 121 Å². The molecule has 7 nitrogen and oxygen atoms in total. The fraction of sp³-hybridized carbons (Fsp3) is 0.143. The first-order valence-corrected chi connectivity index (χ1v) is 6.24. The van der Waals surface area contributed by atoms with E-state index in [9.17, 15) is 0 Å². The number of aromatic nitrogens is 2. The summed E-state index contributed by atoms with van der Waals surface area (Å²) in [4.78, 5) is 0. The number of hydrogen-bond acceptors (Lipinski definition) is 5. The predicted octanol–water partition coefficient (Wildman–Crippen LogP) is 0.510. The first-order valence-electron chi connectivity index (χ1n) is 6.24. The molecule has 2 rings (SSSR count). The van der Waals surface area contributed by atoms with Crippen molar-refractivity contribution in [1.82, 2.24) is 0 Å². The van der Waals surface area contributed by atoms with Crippen LogP contribution in [0.1, 0.15) is 11.4 Å². The molecule has 2 aromatic rings. The Morgan fingerprint density at radius 3 is 1.76 bits per heavy atom. The SMILES string of the molecule is O/N=C\c1cccc[n+]1COC[n+]1ccccc1/C=N/O. The van der Waals surface area contributed by atoms with E-state index in [1.807, 2.05) is 48.8 Å². The fourth-order valence-corrected chi connectivity index (χ4v) is 1.80. The van der Waals surface area contributed by atoms with E-state index < -0.39 is 0 Å². The van der Waals surface area contributed by atoms with Crippen molar-refractivity contribution in [2.24, 2.45) is 10.3 Å². The second-order valence-electron chi connectivity index (χ2n) is 4.14. The van der Waals surface area contributed by atoms with Crippen molar-refractivity contribution in [3.63, 3.8) is 0 Å². The second-order valence-corrected chi connectivity index (χ2v) is 4.14. The van der Waals surface area contributed by atoms with E-state index in [4.69, 9.17) is 15.2 Å². The Kier molecular flexibility index (Phi) is 5.36. The first-order chi connectivity index (χ1) is 10.3. The Morgan fingerprint density at radius 2 is 1.33 bits per heavy atom. The third kappa shape index (κ3) is 4.08. The van der Waals surface area contributed by atoms with Gasteiger partial charge in [-0.15, -0.1) is 0 Å². The molecule has 0 radical (unpaired) electrons. The van der Waals surface area contributed by atoms with Crippen molar-refractivity contribution >= 4 is 12.4 Å². The zero-order chi connectivity index (χ0) is 14.9. The van der Waals surface area contributed by atoms with Gasteiger partial charge < -0.3 is 10.4 Å². The van der Waals surface area contributed by atoms with Crippen molar-refractivity contribution in [1.29, 1.82) is 0 Å². The van der Waals surface area contributed by atoms with Gasteiger partial charge in [0, 0.05) is 24.3 Å². The Bertz CT molecular complexity index is 588. The minimum absolute atomic E-state index is 0.291. The van der Waals surface area contributed by atoms with Gasteiger partial charge in [-0.2, -0.15) is 9.13 Å². The molecular formula is C14H16N4O3+2. The number of hydrogen-bond donors (Lipinski definition) is 2. The topological polar surface area (TPSA) is 82.2 Å². The van der Waals surface area contributed by atoms with Gasteiger partial charge in [0.25, 0.3) is 13.5 Å². The predicted molar refractivity (Wildman–Crippen MR) is 73.1 cm³/mol. The molecule has 2 heterocycles. The number of oxime groups is 2. The molecule has 0 aliphatic carbocycles.